The molecular weight excluding hydrogens is 270 g/mol. The first-order valence-electron chi connectivity index (χ1n) is 7.20. The van der Waals surface area contributed by atoms with E-state index in [1.165, 1.54) is 0 Å². The van der Waals surface area contributed by atoms with Gasteiger partial charge >= 0.3 is 0 Å². The van der Waals surface area contributed by atoms with E-state index >= 15 is 0 Å². The second kappa shape index (κ2) is 8.59. The number of rotatable bonds is 8. The molecule has 1 rings (SSSR count). The largest absolute Gasteiger partial charge is 0.506 e. The Balaban J connectivity index is 2.42. The van der Waals surface area contributed by atoms with Gasteiger partial charge in [-0.25, -0.2) is 0 Å². The number of carbonyl (C=O) groups excluding carboxylic acids is 1. The van der Waals surface area contributed by atoms with Gasteiger partial charge in [0.1, 0.15) is 5.75 Å². The van der Waals surface area contributed by atoms with E-state index in [1.807, 2.05) is 13.8 Å². The van der Waals surface area contributed by atoms with Gasteiger partial charge < -0.3 is 20.8 Å². The number of aromatic hydroxyl groups is 1. The molecule has 0 aliphatic carbocycles. The number of pyridine rings is 1. The molecule has 21 heavy (non-hydrogen) atoms. The Morgan fingerprint density at radius 1 is 1.43 bits per heavy atom. The molecule has 4 N–H and O–H groups in total. The predicted octanol–water partition coefficient (Wildman–Crippen LogP) is 0.840. The Kier molecular flexibility index (Phi) is 7.11. The van der Waals surface area contributed by atoms with Gasteiger partial charge in [-0.15, -0.1) is 0 Å². The van der Waals surface area contributed by atoms with E-state index in [0.29, 0.717) is 48.8 Å². The summed E-state index contributed by atoms with van der Waals surface area (Å²) in [5, 5.41) is 25.2. The molecular formula is C15H25N3O3. The Morgan fingerprint density at radius 2 is 2.14 bits per heavy atom. The molecule has 1 aromatic rings. The Bertz CT molecular complexity index is 475. The maximum Gasteiger partial charge on any atom is 0.221 e. The maximum atomic E-state index is 11.6. The summed E-state index contributed by atoms with van der Waals surface area (Å²) < 4.78 is 0. The lowest BCUT2D eigenvalue weighted by Crippen LogP contribution is -2.30. The Hall–Kier alpha value is -1.66. The molecule has 1 aromatic heterocycles. The van der Waals surface area contributed by atoms with Crippen LogP contribution in [0, 0.1) is 12.8 Å². The number of hydrogen-bond acceptors (Lipinski definition) is 5. The fourth-order valence-corrected chi connectivity index (χ4v) is 1.84. The lowest BCUT2D eigenvalue weighted by Gasteiger charge is -2.12. The average Bonchev–Trinajstić information content (AvgIpc) is 2.45. The normalized spacial score (nSPS) is 10.9. The van der Waals surface area contributed by atoms with Gasteiger partial charge in [0.05, 0.1) is 12.3 Å². The van der Waals surface area contributed by atoms with Crippen molar-refractivity contribution in [1.29, 1.82) is 0 Å². The monoisotopic (exact) mass is 295 g/mol. The van der Waals surface area contributed by atoms with E-state index in [1.54, 1.807) is 13.1 Å². The maximum absolute atomic E-state index is 11.6. The van der Waals surface area contributed by atoms with Crippen LogP contribution in [0.2, 0.25) is 0 Å². The standard InChI is InChI=1S/C15H25N3O3/c1-10(2)6-18-14(20)4-5-16-8-13-12(9-19)7-17-11(3)15(13)21/h7,10,16,19,21H,4-6,8-9H2,1-3H3,(H,18,20). The fourth-order valence-electron chi connectivity index (χ4n) is 1.84. The van der Waals surface area contributed by atoms with Gasteiger partial charge in [-0.05, 0) is 12.8 Å². The zero-order chi connectivity index (χ0) is 15.8. The fraction of sp³-hybridized carbons (Fsp3) is 0.600. The summed E-state index contributed by atoms with van der Waals surface area (Å²) >= 11 is 0. The molecule has 0 aliphatic heterocycles. The van der Waals surface area contributed by atoms with Crippen LogP contribution in [0.5, 0.6) is 5.75 Å². The third-order valence-electron chi connectivity index (χ3n) is 3.14. The molecule has 1 amide bonds. The van der Waals surface area contributed by atoms with Crippen LogP contribution in [0.25, 0.3) is 0 Å². The summed E-state index contributed by atoms with van der Waals surface area (Å²) in [4.78, 5) is 15.6. The smallest absolute Gasteiger partial charge is 0.221 e. The van der Waals surface area contributed by atoms with Crippen LogP contribution in [0.1, 0.15) is 37.1 Å². The molecule has 0 radical (unpaired) electrons. The molecule has 0 saturated carbocycles. The lowest BCUT2D eigenvalue weighted by molar-refractivity contribution is -0.121. The molecule has 0 spiro atoms. The van der Waals surface area contributed by atoms with Crippen molar-refractivity contribution in [3.63, 3.8) is 0 Å². The SMILES string of the molecule is Cc1ncc(CO)c(CNCCC(=O)NCC(C)C)c1O. The zero-order valence-corrected chi connectivity index (χ0v) is 12.9. The molecule has 0 atom stereocenters. The lowest BCUT2D eigenvalue weighted by atomic mass is 10.1. The van der Waals surface area contributed by atoms with E-state index in [9.17, 15) is 15.0 Å². The minimum absolute atomic E-state index is 0.00807. The molecule has 0 unspecified atom stereocenters. The van der Waals surface area contributed by atoms with Gasteiger partial charge in [0.25, 0.3) is 0 Å². The number of aliphatic hydroxyl groups is 1. The van der Waals surface area contributed by atoms with Gasteiger partial charge in [0.2, 0.25) is 5.91 Å². The van der Waals surface area contributed by atoms with Gasteiger partial charge in [0, 0.05) is 43.4 Å². The van der Waals surface area contributed by atoms with Crippen molar-refractivity contribution in [2.24, 2.45) is 5.92 Å². The second-order valence-corrected chi connectivity index (χ2v) is 5.48. The first-order valence-corrected chi connectivity index (χ1v) is 7.20. The summed E-state index contributed by atoms with van der Waals surface area (Å²) in [7, 11) is 0. The molecule has 118 valence electrons. The Labute approximate surface area is 125 Å². The van der Waals surface area contributed by atoms with E-state index in [4.69, 9.17) is 0 Å². The first-order chi connectivity index (χ1) is 9.95. The second-order valence-electron chi connectivity index (χ2n) is 5.48. The number of aromatic nitrogens is 1. The average molecular weight is 295 g/mol. The van der Waals surface area contributed by atoms with Gasteiger partial charge in [-0.3, -0.25) is 9.78 Å². The van der Waals surface area contributed by atoms with Crippen molar-refractivity contribution < 1.29 is 15.0 Å². The van der Waals surface area contributed by atoms with E-state index in [-0.39, 0.29) is 18.3 Å². The van der Waals surface area contributed by atoms with Gasteiger partial charge in [-0.1, -0.05) is 13.8 Å². The minimum atomic E-state index is -0.174. The topological polar surface area (TPSA) is 94.5 Å². The number of nitrogens with zero attached hydrogens (tertiary/aromatic N) is 1. The van der Waals surface area contributed by atoms with E-state index < -0.39 is 0 Å². The van der Waals surface area contributed by atoms with Crippen molar-refractivity contribution in [1.82, 2.24) is 15.6 Å². The quantitative estimate of drug-likeness (QED) is 0.533. The number of amides is 1. The number of nitrogens with one attached hydrogen (secondary N) is 2. The molecule has 0 fully saturated rings. The first kappa shape index (κ1) is 17.4. The minimum Gasteiger partial charge on any atom is -0.506 e. The van der Waals surface area contributed by atoms with Crippen molar-refractivity contribution in [3.8, 4) is 5.75 Å². The van der Waals surface area contributed by atoms with Gasteiger partial charge in [-0.2, -0.15) is 0 Å². The third-order valence-corrected chi connectivity index (χ3v) is 3.14. The van der Waals surface area contributed by atoms with Gasteiger partial charge in [0.15, 0.2) is 0 Å². The molecule has 6 nitrogen and oxygen atoms in total. The Morgan fingerprint density at radius 3 is 2.76 bits per heavy atom. The molecule has 0 bridgehead atoms. The van der Waals surface area contributed by atoms with Crippen molar-refractivity contribution >= 4 is 5.91 Å². The van der Waals surface area contributed by atoms with Crippen molar-refractivity contribution in [3.05, 3.63) is 23.0 Å². The third kappa shape index (κ3) is 5.69. The van der Waals surface area contributed by atoms with Crippen LogP contribution < -0.4 is 10.6 Å². The molecule has 0 aliphatic rings. The number of carbonyl (C=O) groups is 1. The van der Waals surface area contributed by atoms with E-state index in [0.717, 1.165) is 0 Å². The molecule has 1 heterocycles. The molecule has 6 heteroatoms. The number of aliphatic hydroxyl groups excluding tert-OH is 1. The van der Waals surface area contributed by atoms with E-state index in [2.05, 4.69) is 15.6 Å². The highest BCUT2D eigenvalue weighted by molar-refractivity contribution is 5.76. The highest BCUT2D eigenvalue weighted by Crippen LogP contribution is 2.23. The van der Waals surface area contributed by atoms with Crippen molar-refractivity contribution in [2.75, 3.05) is 13.1 Å². The van der Waals surface area contributed by atoms with Crippen LogP contribution in [0.3, 0.4) is 0 Å². The summed E-state index contributed by atoms with van der Waals surface area (Å²) in [6.45, 7) is 7.20. The summed E-state index contributed by atoms with van der Waals surface area (Å²) in [6, 6.07) is 0. The summed E-state index contributed by atoms with van der Waals surface area (Å²) in [5.74, 6) is 0.540. The number of hydrogen-bond donors (Lipinski definition) is 4. The molecule has 0 aromatic carbocycles. The zero-order valence-electron chi connectivity index (χ0n) is 12.9. The van der Waals surface area contributed by atoms with Crippen LogP contribution in [0.15, 0.2) is 6.20 Å². The van der Waals surface area contributed by atoms with Crippen LogP contribution in [0.4, 0.5) is 0 Å². The van der Waals surface area contributed by atoms with Crippen LogP contribution >= 0.6 is 0 Å². The summed E-state index contributed by atoms with van der Waals surface area (Å²) in [5.41, 5.74) is 1.75. The number of aryl methyl sites for hydroxylation is 1. The predicted molar refractivity (Wildman–Crippen MR) is 80.7 cm³/mol. The highest BCUT2D eigenvalue weighted by Gasteiger charge is 2.11. The summed E-state index contributed by atoms with van der Waals surface area (Å²) in [6.07, 6.45) is 1.94. The molecule has 0 saturated heterocycles. The van der Waals surface area contributed by atoms with Crippen LogP contribution in [-0.2, 0) is 17.9 Å². The highest BCUT2D eigenvalue weighted by atomic mass is 16.3. The van der Waals surface area contributed by atoms with Crippen molar-refractivity contribution in [2.45, 2.75) is 40.3 Å². The van der Waals surface area contributed by atoms with Crippen LogP contribution in [-0.4, -0.2) is 34.2 Å².